The van der Waals surface area contributed by atoms with E-state index in [1.807, 2.05) is 0 Å². The number of hydrogen-bond acceptors (Lipinski definition) is 5. The average Bonchev–Trinajstić information content (AvgIpc) is 2.52. The van der Waals surface area contributed by atoms with Crippen LogP contribution in [0.3, 0.4) is 0 Å². The molecule has 0 spiro atoms. The summed E-state index contributed by atoms with van der Waals surface area (Å²) >= 11 is 0. The predicted molar refractivity (Wildman–Crippen MR) is 78.8 cm³/mol. The maximum atomic E-state index is 12.1. The Morgan fingerprint density at radius 2 is 2.18 bits per heavy atom. The lowest BCUT2D eigenvalue weighted by atomic mass is 10.1. The fourth-order valence-corrected chi connectivity index (χ4v) is 2.19. The van der Waals surface area contributed by atoms with E-state index in [1.54, 1.807) is 25.2 Å². The highest BCUT2D eigenvalue weighted by Gasteiger charge is 2.23. The number of nitrogens with zero attached hydrogens (tertiary/aromatic N) is 2. The summed E-state index contributed by atoms with van der Waals surface area (Å²) in [5.74, 6) is -0.161. The molecule has 2 N–H and O–H groups in total. The van der Waals surface area contributed by atoms with Crippen LogP contribution in [0.15, 0.2) is 23.3 Å². The zero-order valence-corrected chi connectivity index (χ0v) is 11.9. The molecule has 3 amide bonds. The van der Waals surface area contributed by atoms with E-state index in [0.717, 1.165) is 0 Å². The number of amides is 3. The lowest BCUT2D eigenvalue weighted by molar-refractivity contribution is -0.122. The predicted octanol–water partition coefficient (Wildman–Crippen LogP) is 0.246. The molecule has 2 aliphatic heterocycles. The topological polar surface area (TPSA) is 100 Å². The molecule has 1 aromatic carbocycles. The molecular formula is C14H14N4O4. The van der Waals surface area contributed by atoms with Gasteiger partial charge in [-0.1, -0.05) is 0 Å². The molecule has 114 valence electrons. The molecule has 0 radical (unpaired) electrons. The second kappa shape index (κ2) is 5.47. The Morgan fingerprint density at radius 1 is 1.36 bits per heavy atom. The van der Waals surface area contributed by atoms with Gasteiger partial charge in [-0.05, 0) is 18.2 Å². The molecule has 3 rings (SSSR count). The second-order valence-electron chi connectivity index (χ2n) is 4.97. The number of carbonyl (C=O) groups is 3. The summed E-state index contributed by atoms with van der Waals surface area (Å²) in [6, 6.07) is 5.03. The van der Waals surface area contributed by atoms with Crippen molar-refractivity contribution < 1.29 is 19.1 Å². The van der Waals surface area contributed by atoms with Crippen molar-refractivity contribution in [2.75, 3.05) is 23.9 Å². The van der Waals surface area contributed by atoms with Gasteiger partial charge in [0, 0.05) is 25.6 Å². The standard InChI is InChI=1S/C14H14N4O4/c1-18-10-6-8(2-4-11(10)22-7-13(18)20)15-14(21)9-3-5-12(19)17-16-9/h2,4,6H,3,5,7H2,1H3,(H,15,21)(H,17,19). The lowest BCUT2D eigenvalue weighted by Gasteiger charge is -2.26. The minimum atomic E-state index is -0.384. The van der Waals surface area contributed by atoms with Crippen molar-refractivity contribution in [3.8, 4) is 5.75 Å². The summed E-state index contributed by atoms with van der Waals surface area (Å²) < 4.78 is 5.32. The Morgan fingerprint density at radius 3 is 2.91 bits per heavy atom. The molecule has 0 atom stereocenters. The summed E-state index contributed by atoms with van der Waals surface area (Å²) in [5, 5.41) is 6.43. The Bertz CT molecular complexity index is 698. The van der Waals surface area contributed by atoms with Crippen molar-refractivity contribution in [1.82, 2.24) is 5.43 Å². The zero-order chi connectivity index (χ0) is 15.7. The maximum Gasteiger partial charge on any atom is 0.271 e. The fraction of sp³-hybridized carbons (Fsp3) is 0.286. The van der Waals surface area contributed by atoms with Crippen LogP contribution in [-0.4, -0.2) is 37.1 Å². The first kappa shape index (κ1) is 14.1. The number of benzene rings is 1. The summed E-state index contributed by atoms with van der Waals surface area (Å²) in [4.78, 5) is 36.2. The molecule has 0 saturated carbocycles. The molecule has 2 heterocycles. The largest absolute Gasteiger partial charge is 0.482 e. The van der Waals surface area contributed by atoms with Gasteiger partial charge < -0.3 is 15.0 Å². The van der Waals surface area contributed by atoms with Crippen LogP contribution in [0.2, 0.25) is 0 Å². The number of hydrazone groups is 1. The maximum absolute atomic E-state index is 12.1. The molecule has 8 heteroatoms. The van der Waals surface area contributed by atoms with E-state index >= 15 is 0 Å². The van der Waals surface area contributed by atoms with E-state index in [2.05, 4.69) is 15.8 Å². The number of nitrogens with one attached hydrogen (secondary N) is 2. The van der Waals surface area contributed by atoms with Gasteiger partial charge in [0.1, 0.15) is 11.5 Å². The van der Waals surface area contributed by atoms with Gasteiger partial charge in [0.25, 0.3) is 11.8 Å². The number of fused-ring (bicyclic) bond motifs is 1. The Kier molecular flexibility index (Phi) is 3.50. The molecule has 2 aliphatic rings. The van der Waals surface area contributed by atoms with Gasteiger partial charge in [-0.25, -0.2) is 5.43 Å². The van der Waals surface area contributed by atoms with Crippen LogP contribution in [0.4, 0.5) is 11.4 Å². The van der Waals surface area contributed by atoms with E-state index in [9.17, 15) is 14.4 Å². The summed E-state index contributed by atoms with van der Waals surface area (Å²) in [6.07, 6.45) is 0.533. The molecule has 22 heavy (non-hydrogen) atoms. The number of likely N-dealkylation sites (N-methyl/N-ethyl adjacent to an activating group) is 1. The summed E-state index contributed by atoms with van der Waals surface area (Å²) in [5.41, 5.74) is 3.65. The number of hydrogen-bond donors (Lipinski definition) is 2. The van der Waals surface area contributed by atoms with Crippen LogP contribution in [-0.2, 0) is 14.4 Å². The average molecular weight is 302 g/mol. The quantitative estimate of drug-likeness (QED) is 0.817. The SMILES string of the molecule is CN1C(=O)COc2ccc(NC(=O)C3=NNC(=O)CC3)cc21. The Balaban J connectivity index is 1.77. The minimum Gasteiger partial charge on any atom is -0.482 e. The lowest BCUT2D eigenvalue weighted by Crippen LogP contribution is -2.35. The first-order valence-corrected chi connectivity index (χ1v) is 6.75. The van der Waals surface area contributed by atoms with E-state index in [-0.39, 0.29) is 36.5 Å². The highest BCUT2D eigenvalue weighted by molar-refractivity contribution is 6.43. The molecular weight excluding hydrogens is 288 g/mol. The second-order valence-corrected chi connectivity index (χ2v) is 4.97. The van der Waals surface area contributed by atoms with Gasteiger partial charge in [-0.15, -0.1) is 0 Å². The van der Waals surface area contributed by atoms with Crippen molar-refractivity contribution in [3.05, 3.63) is 18.2 Å². The van der Waals surface area contributed by atoms with Crippen molar-refractivity contribution in [1.29, 1.82) is 0 Å². The molecule has 0 bridgehead atoms. The smallest absolute Gasteiger partial charge is 0.271 e. The first-order valence-electron chi connectivity index (χ1n) is 6.75. The third-order valence-corrected chi connectivity index (χ3v) is 3.47. The minimum absolute atomic E-state index is 0.00566. The van der Waals surface area contributed by atoms with E-state index in [4.69, 9.17) is 4.74 Å². The fourth-order valence-electron chi connectivity index (χ4n) is 2.19. The van der Waals surface area contributed by atoms with E-state index in [0.29, 0.717) is 23.5 Å². The summed E-state index contributed by atoms with van der Waals surface area (Å²) in [7, 11) is 1.65. The van der Waals surface area contributed by atoms with Crippen LogP contribution >= 0.6 is 0 Å². The van der Waals surface area contributed by atoms with Gasteiger partial charge in [-0.2, -0.15) is 5.10 Å². The number of rotatable bonds is 2. The van der Waals surface area contributed by atoms with Crippen LogP contribution in [0, 0.1) is 0 Å². The highest BCUT2D eigenvalue weighted by atomic mass is 16.5. The number of ether oxygens (including phenoxy) is 1. The molecule has 8 nitrogen and oxygen atoms in total. The van der Waals surface area contributed by atoms with Crippen molar-refractivity contribution in [3.63, 3.8) is 0 Å². The molecule has 0 aliphatic carbocycles. The Hall–Kier alpha value is -2.90. The Labute approximate surface area is 126 Å². The molecule has 0 unspecified atom stereocenters. The van der Waals surface area contributed by atoms with Crippen molar-refractivity contribution in [2.24, 2.45) is 5.10 Å². The molecule has 1 aromatic rings. The van der Waals surface area contributed by atoms with Crippen LogP contribution in [0.5, 0.6) is 5.75 Å². The highest BCUT2D eigenvalue weighted by Crippen LogP contribution is 2.33. The van der Waals surface area contributed by atoms with Gasteiger partial charge in [-0.3, -0.25) is 14.4 Å². The van der Waals surface area contributed by atoms with Crippen LogP contribution in [0.1, 0.15) is 12.8 Å². The molecule has 0 aromatic heterocycles. The van der Waals surface area contributed by atoms with Gasteiger partial charge in [0.2, 0.25) is 5.91 Å². The van der Waals surface area contributed by atoms with Gasteiger partial charge in [0.05, 0.1) is 5.69 Å². The van der Waals surface area contributed by atoms with E-state index < -0.39 is 0 Å². The number of carbonyl (C=O) groups excluding carboxylic acids is 3. The first-order chi connectivity index (χ1) is 10.5. The van der Waals surface area contributed by atoms with Crippen molar-refractivity contribution >= 4 is 34.8 Å². The zero-order valence-electron chi connectivity index (χ0n) is 11.9. The van der Waals surface area contributed by atoms with Crippen LogP contribution < -0.4 is 20.4 Å². The third kappa shape index (κ3) is 2.62. The van der Waals surface area contributed by atoms with Gasteiger partial charge in [0.15, 0.2) is 6.61 Å². The molecule has 0 saturated heterocycles. The van der Waals surface area contributed by atoms with Crippen molar-refractivity contribution in [2.45, 2.75) is 12.8 Å². The number of anilines is 2. The van der Waals surface area contributed by atoms with Crippen LogP contribution in [0.25, 0.3) is 0 Å². The van der Waals surface area contributed by atoms with E-state index in [1.165, 1.54) is 4.90 Å². The normalized spacial score (nSPS) is 17.1. The molecule has 0 fully saturated rings. The monoisotopic (exact) mass is 302 g/mol. The van der Waals surface area contributed by atoms with Gasteiger partial charge >= 0.3 is 0 Å². The third-order valence-electron chi connectivity index (χ3n) is 3.47. The summed E-state index contributed by atoms with van der Waals surface area (Å²) in [6.45, 7) is 0.00566.